The first-order valence-corrected chi connectivity index (χ1v) is 11.6. The fourth-order valence-electron chi connectivity index (χ4n) is 3.01. The van der Waals surface area contributed by atoms with Gasteiger partial charge in [-0.05, 0) is 65.0 Å². The van der Waals surface area contributed by atoms with Gasteiger partial charge < -0.3 is 5.32 Å². The highest BCUT2D eigenvalue weighted by atomic mass is 79.9. The van der Waals surface area contributed by atoms with Crippen LogP contribution in [0.1, 0.15) is 25.3 Å². The number of thiophene rings is 1. The number of halogens is 1. The molecule has 0 saturated carbocycles. The average molecular weight is 457 g/mol. The van der Waals surface area contributed by atoms with Crippen molar-refractivity contribution >= 4 is 48.9 Å². The van der Waals surface area contributed by atoms with Crippen molar-refractivity contribution in [2.24, 2.45) is 5.92 Å². The molecule has 0 bridgehead atoms. The fourth-order valence-corrected chi connectivity index (χ4v) is 6.69. The number of carbonyl (C=O) groups is 1. The van der Waals surface area contributed by atoms with E-state index in [1.165, 1.54) is 21.2 Å². The summed E-state index contributed by atoms with van der Waals surface area (Å²) in [6.45, 7) is 2.75. The van der Waals surface area contributed by atoms with E-state index in [-0.39, 0.29) is 18.4 Å². The third-order valence-corrected chi connectivity index (χ3v) is 8.48. The first-order valence-electron chi connectivity index (χ1n) is 8.55. The number of amides is 1. The van der Waals surface area contributed by atoms with Crippen molar-refractivity contribution in [2.45, 2.75) is 30.4 Å². The number of nitrogens with zero attached hydrogens (tertiary/aromatic N) is 1. The van der Waals surface area contributed by atoms with E-state index in [9.17, 15) is 13.2 Å². The maximum Gasteiger partial charge on any atom is 0.252 e. The smallest absolute Gasteiger partial charge is 0.252 e. The van der Waals surface area contributed by atoms with Crippen LogP contribution in [-0.4, -0.2) is 31.7 Å². The van der Waals surface area contributed by atoms with Crippen molar-refractivity contribution in [2.75, 3.05) is 18.4 Å². The second kappa shape index (κ2) is 8.21. The van der Waals surface area contributed by atoms with E-state index in [1.54, 1.807) is 12.1 Å². The van der Waals surface area contributed by atoms with Gasteiger partial charge in [0.1, 0.15) is 4.21 Å². The van der Waals surface area contributed by atoms with Gasteiger partial charge in [-0.1, -0.05) is 19.1 Å². The number of anilines is 1. The summed E-state index contributed by atoms with van der Waals surface area (Å²) >= 11 is 4.49. The third-order valence-electron chi connectivity index (χ3n) is 4.53. The molecule has 0 aliphatic carbocycles. The lowest BCUT2D eigenvalue weighted by molar-refractivity contribution is -0.120. The minimum absolute atomic E-state index is 0.124. The summed E-state index contributed by atoms with van der Waals surface area (Å²) in [6, 6.07) is 11.1. The molecule has 0 radical (unpaired) electrons. The standard InChI is InChI=1S/C18H21BrN2O3S2/c1-2-13-5-7-15(8-6-13)20-18(22)14-4-3-11-21(12-14)26(23,24)17-10-9-16(19)25-17/h5-10,14H,2-4,11-12H2,1H3,(H,20,22)/t14-/m1/s1. The highest BCUT2D eigenvalue weighted by Crippen LogP contribution is 2.31. The van der Waals surface area contributed by atoms with E-state index in [4.69, 9.17) is 0 Å². The zero-order chi connectivity index (χ0) is 18.7. The largest absolute Gasteiger partial charge is 0.326 e. The minimum Gasteiger partial charge on any atom is -0.326 e. The number of hydrogen-bond acceptors (Lipinski definition) is 4. The van der Waals surface area contributed by atoms with E-state index in [0.29, 0.717) is 23.6 Å². The van der Waals surface area contributed by atoms with Gasteiger partial charge in [-0.2, -0.15) is 4.31 Å². The van der Waals surface area contributed by atoms with E-state index >= 15 is 0 Å². The second-order valence-corrected chi connectivity index (χ2v) is 10.9. The Morgan fingerprint density at radius 1 is 1.27 bits per heavy atom. The number of aryl methyl sites for hydroxylation is 1. The predicted octanol–water partition coefficient (Wildman–Crippen LogP) is 4.11. The Morgan fingerprint density at radius 2 is 2.00 bits per heavy atom. The molecule has 1 aromatic carbocycles. The third kappa shape index (κ3) is 4.36. The van der Waals surface area contributed by atoms with Gasteiger partial charge in [0.15, 0.2) is 0 Å². The van der Waals surface area contributed by atoms with Gasteiger partial charge in [0.05, 0.1) is 9.70 Å². The maximum atomic E-state index is 12.8. The molecule has 1 saturated heterocycles. The Bertz CT molecular complexity index is 878. The molecule has 5 nitrogen and oxygen atoms in total. The molecule has 2 heterocycles. The Balaban J connectivity index is 1.68. The van der Waals surface area contributed by atoms with Gasteiger partial charge in [0.2, 0.25) is 5.91 Å². The number of benzene rings is 1. The molecule has 0 unspecified atom stereocenters. The summed E-state index contributed by atoms with van der Waals surface area (Å²) in [5.74, 6) is -0.464. The normalized spacial score (nSPS) is 18.6. The van der Waals surface area contributed by atoms with Gasteiger partial charge in [-0.25, -0.2) is 8.42 Å². The summed E-state index contributed by atoms with van der Waals surface area (Å²) in [7, 11) is -3.55. The van der Waals surface area contributed by atoms with Crippen molar-refractivity contribution in [3.05, 3.63) is 45.7 Å². The van der Waals surface area contributed by atoms with Crippen LogP contribution in [0.3, 0.4) is 0 Å². The fraction of sp³-hybridized carbons (Fsp3) is 0.389. The zero-order valence-corrected chi connectivity index (χ0v) is 17.7. The van der Waals surface area contributed by atoms with Crippen molar-refractivity contribution in [1.29, 1.82) is 0 Å². The second-order valence-electron chi connectivity index (χ2n) is 6.30. The van der Waals surface area contributed by atoms with Gasteiger partial charge in [-0.15, -0.1) is 11.3 Å². The maximum absolute atomic E-state index is 12.8. The lowest BCUT2D eigenvalue weighted by Gasteiger charge is -2.30. The van der Waals surface area contributed by atoms with Crippen molar-refractivity contribution < 1.29 is 13.2 Å². The van der Waals surface area contributed by atoms with Crippen LogP contribution < -0.4 is 5.32 Å². The van der Waals surface area contributed by atoms with Crippen LogP contribution in [0.2, 0.25) is 0 Å². The molecule has 1 aromatic heterocycles. The highest BCUT2D eigenvalue weighted by molar-refractivity contribution is 9.11. The van der Waals surface area contributed by atoms with E-state index < -0.39 is 10.0 Å². The highest BCUT2D eigenvalue weighted by Gasteiger charge is 2.34. The van der Waals surface area contributed by atoms with Crippen LogP contribution in [0.4, 0.5) is 5.69 Å². The van der Waals surface area contributed by atoms with Gasteiger partial charge in [0, 0.05) is 18.8 Å². The number of rotatable bonds is 5. The van der Waals surface area contributed by atoms with Crippen molar-refractivity contribution in [3.63, 3.8) is 0 Å². The summed E-state index contributed by atoms with van der Waals surface area (Å²) < 4.78 is 28.1. The molecular formula is C18H21BrN2O3S2. The number of sulfonamides is 1. The Hall–Kier alpha value is -1.22. The number of carbonyl (C=O) groups excluding carboxylic acids is 1. The van der Waals surface area contributed by atoms with Crippen LogP contribution in [0.5, 0.6) is 0 Å². The average Bonchev–Trinajstić information content (AvgIpc) is 3.10. The quantitative estimate of drug-likeness (QED) is 0.735. The molecule has 140 valence electrons. The molecule has 1 aliphatic heterocycles. The van der Waals surface area contributed by atoms with Crippen LogP contribution in [0, 0.1) is 5.92 Å². The van der Waals surface area contributed by atoms with E-state index in [0.717, 1.165) is 15.9 Å². The molecule has 1 amide bonds. The van der Waals surface area contributed by atoms with Crippen LogP contribution in [0.15, 0.2) is 44.4 Å². The molecule has 1 fully saturated rings. The number of nitrogens with one attached hydrogen (secondary N) is 1. The molecular weight excluding hydrogens is 436 g/mol. The lowest BCUT2D eigenvalue weighted by Crippen LogP contribution is -2.43. The van der Waals surface area contributed by atoms with Crippen molar-refractivity contribution in [1.82, 2.24) is 4.31 Å². The Labute approximate surface area is 166 Å². The van der Waals surface area contributed by atoms with E-state index in [2.05, 4.69) is 28.2 Å². The zero-order valence-electron chi connectivity index (χ0n) is 14.4. The number of piperidine rings is 1. The van der Waals surface area contributed by atoms with Gasteiger partial charge in [-0.3, -0.25) is 4.79 Å². The predicted molar refractivity (Wildman–Crippen MR) is 108 cm³/mol. The lowest BCUT2D eigenvalue weighted by atomic mass is 9.98. The van der Waals surface area contributed by atoms with Crippen LogP contribution >= 0.6 is 27.3 Å². The molecule has 26 heavy (non-hydrogen) atoms. The molecule has 2 aromatic rings. The molecule has 3 rings (SSSR count). The first-order chi connectivity index (χ1) is 12.4. The molecule has 1 aliphatic rings. The summed E-state index contributed by atoms with van der Waals surface area (Å²) in [5, 5.41) is 2.91. The Morgan fingerprint density at radius 3 is 2.62 bits per heavy atom. The van der Waals surface area contributed by atoms with Crippen LogP contribution in [-0.2, 0) is 21.2 Å². The summed E-state index contributed by atoms with van der Waals surface area (Å²) in [6.07, 6.45) is 2.32. The molecule has 8 heteroatoms. The van der Waals surface area contributed by atoms with Gasteiger partial charge in [0.25, 0.3) is 10.0 Å². The molecule has 1 atom stereocenters. The topological polar surface area (TPSA) is 66.5 Å². The van der Waals surface area contributed by atoms with Gasteiger partial charge >= 0.3 is 0 Å². The van der Waals surface area contributed by atoms with Crippen molar-refractivity contribution in [3.8, 4) is 0 Å². The van der Waals surface area contributed by atoms with Crippen LogP contribution in [0.25, 0.3) is 0 Å². The monoisotopic (exact) mass is 456 g/mol. The Kier molecular flexibility index (Phi) is 6.17. The summed E-state index contributed by atoms with van der Waals surface area (Å²) in [5.41, 5.74) is 1.95. The number of hydrogen-bond donors (Lipinski definition) is 1. The van der Waals surface area contributed by atoms with E-state index in [1.807, 2.05) is 24.3 Å². The first kappa shape index (κ1) is 19.5. The minimum atomic E-state index is -3.55. The molecule has 1 N–H and O–H groups in total. The SMILES string of the molecule is CCc1ccc(NC(=O)[C@@H]2CCCN(S(=O)(=O)c3ccc(Br)s3)C2)cc1. The molecule has 0 spiro atoms. The summed E-state index contributed by atoms with van der Waals surface area (Å²) in [4.78, 5) is 12.6.